The van der Waals surface area contributed by atoms with Gasteiger partial charge in [-0.3, -0.25) is 14.6 Å². The second kappa shape index (κ2) is 10.6. The third kappa shape index (κ3) is 5.63. The van der Waals surface area contributed by atoms with E-state index < -0.39 is 0 Å². The van der Waals surface area contributed by atoms with Crippen LogP contribution in [0.5, 0.6) is 0 Å². The fraction of sp³-hybridized carbons (Fsp3) is 0.179. The van der Waals surface area contributed by atoms with Crippen LogP contribution < -0.4 is 5.32 Å². The summed E-state index contributed by atoms with van der Waals surface area (Å²) in [6, 6.07) is 29.1. The van der Waals surface area contributed by atoms with E-state index in [1.807, 2.05) is 67.7 Å². The molecule has 1 atom stereocenters. The quantitative estimate of drug-likeness (QED) is 0.433. The lowest BCUT2D eigenvalue weighted by Crippen LogP contribution is -2.41. The zero-order chi connectivity index (χ0) is 23.0. The topological polar surface area (TPSA) is 62.3 Å². The molecule has 1 N–H and O–H groups in total. The standard InChI is InChI=1S/C28H27N3O2/c1-31(28(33)24-15-14-22-11-5-6-12-23(22)20-24)25(19-21-9-3-2-4-10-21)16-18-30-27(32)26-13-7-8-17-29-26/h2-15,17,20,25H,16,18-19H2,1H3,(H,30,32). The van der Waals surface area contributed by atoms with E-state index in [0.717, 1.165) is 16.3 Å². The molecule has 0 aliphatic heterocycles. The van der Waals surface area contributed by atoms with Crippen LogP contribution in [0.4, 0.5) is 0 Å². The van der Waals surface area contributed by atoms with Crippen LogP contribution in [-0.2, 0) is 6.42 Å². The summed E-state index contributed by atoms with van der Waals surface area (Å²) >= 11 is 0. The molecule has 3 aromatic carbocycles. The van der Waals surface area contributed by atoms with Crippen molar-refractivity contribution in [2.75, 3.05) is 13.6 Å². The van der Waals surface area contributed by atoms with Gasteiger partial charge >= 0.3 is 0 Å². The summed E-state index contributed by atoms with van der Waals surface area (Å²) in [5.74, 6) is -0.240. The van der Waals surface area contributed by atoms with Crippen LogP contribution in [0.15, 0.2) is 97.2 Å². The molecule has 166 valence electrons. The van der Waals surface area contributed by atoms with Gasteiger partial charge < -0.3 is 10.2 Å². The third-order valence-electron chi connectivity index (χ3n) is 5.84. The highest BCUT2D eigenvalue weighted by Gasteiger charge is 2.22. The van der Waals surface area contributed by atoms with E-state index in [1.165, 1.54) is 0 Å². The van der Waals surface area contributed by atoms with Gasteiger partial charge in [-0.15, -0.1) is 0 Å². The third-order valence-corrected chi connectivity index (χ3v) is 5.84. The molecule has 0 saturated heterocycles. The van der Waals surface area contributed by atoms with Crippen LogP contribution in [-0.4, -0.2) is 41.3 Å². The number of benzene rings is 3. The van der Waals surface area contributed by atoms with Crippen LogP contribution in [0.1, 0.15) is 32.8 Å². The van der Waals surface area contributed by atoms with Crippen molar-refractivity contribution >= 4 is 22.6 Å². The minimum atomic E-state index is -0.211. The number of hydrogen-bond donors (Lipinski definition) is 1. The number of amides is 2. The summed E-state index contributed by atoms with van der Waals surface area (Å²) in [6.45, 7) is 0.447. The van der Waals surface area contributed by atoms with E-state index in [1.54, 1.807) is 29.3 Å². The van der Waals surface area contributed by atoms with E-state index in [-0.39, 0.29) is 17.9 Å². The lowest BCUT2D eigenvalue weighted by molar-refractivity contribution is 0.0723. The maximum atomic E-state index is 13.4. The highest BCUT2D eigenvalue weighted by atomic mass is 16.2. The predicted octanol–water partition coefficient (Wildman–Crippen LogP) is 4.74. The molecule has 0 radical (unpaired) electrons. The Morgan fingerprint density at radius 1 is 0.879 bits per heavy atom. The summed E-state index contributed by atoms with van der Waals surface area (Å²) in [6.07, 6.45) is 2.93. The summed E-state index contributed by atoms with van der Waals surface area (Å²) < 4.78 is 0. The predicted molar refractivity (Wildman–Crippen MR) is 131 cm³/mol. The number of nitrogens with one attached hydrogen (secondary N) is 1. The number of pyridine rings is 1. The zero-order valence-electron chi connectivity index (χ0n) is 18.6. The van der Waals surface area contributed by atoms with Gasteiger partial charge in [0.25, 0.3) is 11.8 Å². The van der Waals surface area contributed by atoms with E-state index in [0.29, 0.717) is 30.6 Å². The lowest BCUT2D eigenvalue weighted by Gasteiger charge is -2.29. The molecule has 5 heteroatoms. The van der Waals surface area contributed by atoms with Crippen molar-refractivity contribution < 1.29 is 9.59 Å². The number of nitrogens with zero attached hydrogens (tertiary/aromatic N) is 2. The van der Waals surface area contributed by atoms with Gasteiger partial charge in [-0.2, -0.15) is 0 Å². The first-order valence-corrected chi connectivity index (χ1v) is 11.1. The summed E-state index contributed by atoms with van der Waals surface area (Å²) in [5.41, 5.74) is 2.20. The second-order valence-corrected chi connectivity index (χ2v) is 8.08. The molecule has 1 heterocycles. The van der Waals surface area contributed by atoms with Crippen LogP contribution in [0.3, 0.4) is 0 Å². The highest BCUT2D eigenvalue weighted by molar-refractivity contribution is 5.98. The molecular weight excluding hydrogens is 410 g/mol. The molecule has 0 aliphatic carbocycles. The number of rotatable bonds is 8. The summed E-state index contributed by atoms with van der Waals surface area (Å²) in [7, 11) is 1.84. The van der Waals surface area contributed by atoms with E-state index in [4.69, 9.17) is 0 Å². The van der Waals surface area contributed by atoms with Crippen molar-refractivity contribution in [1.29, 1.82) is 0 Å². The Morgan fingerprint density at radius 2 is 1.61 bits per heavy atom. The van der Waals surface area contributed by atoms with Crippen molar-refractivity contribution in [3.63, 3.8) is 0 Å². The molecule has 5 nitrogen and oxygen atoms in total. The Kier molecular flexibility index (Phi) is 7.10. The van der Waals surface area contributed by atoms with E-state index >= 15 is 0 Å². The molecule has 2 amide bonds. The molecule has 0 bridgehead atoms. The van der Waals surface area contributed by atoms with E-state index in [9.17, 15) is 9.59 Å². The van der Waals surface area contributed by atoms with Gasteiger partial charge in [0.05, 0.1) is 0 Å². The summed E-state index contributed by atoms with van der Waals surface area (Å²) in [5, 5.41) is 5.08. The van der Waals surface area contributed by atoms with Crippen molar-refractivity contribution in [1.82, 2.24) is 15.2 Å². The smallest absolute Gasteiger partial charge is 0.269 e. The second-order valence-electron chi connectivity index (χ2n) is 8.08. The van der Waals surface area contributed by atoms with Gasteiger partial charge in [0.15, 0.2) is 0 Å². The monoisotopic (exact) mass is 437 g/mol. The van der Waals surface area contributed by atoms with Crippen molar-refractivity contribution in [2.45, 2.75) is 18.9 Å². The Balaban J connectivity index is 1.48. The Labute approximate surface area is 194 Å². The van der Waals surface area contributed by atoms with Gasteiger partial charge in [-0.05, 0) is 53.4 Å². The largest absolute Gasteiger partial charge is 0.351 e. The Bertz CT molecular complexity index is 1230. The molecule has 33 heavy (non-hydrogen) atoms. The minimum Gasteiger partial charge on any atom is -0.351 e. The molecule has 1 aromatic heterocycles. The minimum absolute atomic E-state index is 0.0299. The van der Waals surface area contributed by atoms with E-state index in [2.05, 4.69) is 22.4 Å². The van der Waals surface area contributed by atoms with Crippen molar-refractivity contribution in [3.05, 3.63) is 114 Å². The number of carbonyl (C=O) groups is 2. The fourth-order valence-electron chi connectivity index (χ4n) is 3.95. The van der Waals surface area contributed by atoms with Gasteiger partial charge in [-0.1, -0.05) is 66.7 Å². The fourth-order valence-corrected chi connectivity index (χ4v) is 3.95. The van der Waals surface area contributed by atoms with Gasteiger partial charge in [-0.25, -0.2) is 0 Å². The Hall–Kier alpha value is -3.99. The van der Waals surface area contributed by atoms with Gasteiger partial charge in [0.2, 0.25) is 0 Å². The average molecular weight is 438 g/mol. The lowest BCUT2D eigenvalue weighted by atomic mass is 10.0. The number of fused-ring (bicyclic) bond motifs is 1. The van der Waals surface area contributed by atoms with Crippen LogP contribution in [0.25, 0.3) is 10.8 Å². The first kappa shape index (κ1) is 22.2. The number of aromatic nitrogens is 1. The number of likely N-dealkylation sites (N-methyl/N-ethyl adjacent to an activating group) is 1. The summed E-state index contributed by atoms with van der Waals surface area (Å²) in [4.78, 5) is 31.6. The zero-order valence-corrected chi connectivity index (χ0v) is 18.6. The normalized spacial score (nSPS) is 11.7. The molecule has 4 rings (SSSR count). The molecule has 4 aromatic rings. The first-order valence-electron chi connectivity index (χ1n) is 11.1. The molecule has 0 saturated carbocycles. The first-order chi connectivity index (χ1) is 16.1. The maximum absolute atomic E-state index is 13.4. The highest BCUT2D eigenvalue weighted by Crippen LogP contribution is 2.19. The van der Waals surface area contributed by atoms with Crippen molar-refractivity contribution in [3.8, 4) is 0 Å². The van der Waals surface area contributed by atoms with Crippen LogP contribution in [0.2, 0.25) is 0 Å². The van der Waals surface area contributed by atoms with Crippen LogP contribution in [0, 0.1) is 0 Å². The SMILES string of the molecule is CN(C(=O)c1ccc2ccccc2c1)C(CCNC(=O)c1ccccn1)Cc1ccccc1. The molecule has 0 fully saturated rings. The molecule has 0 spiro atoms. The number of hydrogen-bond acceptors (Lipinski definition) is 3. The Morgan fingerprint density at radius 3 is 2.36 bits per heavy atom. The molecular formula is C28H27N3O2. The molecule has 1 unspecified atom stereocenters. The van der Waals surface area contributed by atoms with Crippen molar-refractivity contribution in [2.24, 2.45) is 0 Å². The average Bonchev–Trinajstić information content (AvgIpc) is 2.88. The molecule has 0 aliphatic rings. The number of carbonyl (C=O) groups excluding carboxylic acids is 2. The van der Waals surface area contributed by atoms with Crippen LogP contribution >= 0.6 is 0 Å². The van der Waals surface area contributed by atoms with Gasteiger partial charge in [0, 0.05) is 31.4 Å². The van der Waals surface area contributed by atoms with Gasteiger partial charge in [0.1, 0.15) is 5.69 Å². The maximum Gasteiger partial charge on any atom is 0.269 e.